The Morgan fingerprint density at radius 2 is 1.58 bits per heavy atom. The van der Waals surface area contributed by atoms with Gasteiger partial charge in [0.1, 0.15) is 18.5 Å². The van der Waals surface area contributed by atoms with E-state index in [1.807, 2.05) is 24.3 Å². The number of hydrogen-bond donors (Lipinski definition) is 0. The van der Waals surface area contributed by atoms with E-state index in [2.05, 4.69) is 60.4 Å². The predicted molar refractivity (Wildman–Crippen MR) is 148 cm³/mol. The number of nitrogens with zero attached hydrogens (tertiary/aromatic N) is 1. The van der Waals surface area contributed by atoms with E-state index in [4.69, 9.17) is 18.9 Å². The van der Waals surface area contributed by atoms with Gasteiger partial charge in [0.25, 0.3) is 0 Å². The number of fused-ring (bicyclic) bond motifs is 1. The molecule has 1 unspecified atom stereocenters. The SMILES string of the molecule is CC/C(=C(\c1ccccc1)c1ccc(OCC(CN2CCCC2)OC(C)=O)cc1)c1ccc2c(c1)OCO2. The Morgan fingerprint density at radius 1 is 0.895 bits per heavy atom. The summed E-state index contributed by atoms with van der Waals surface area (Å²) in [5.41, 5.74) is 5.76. The quantitative estimate of drug-likeness (QED) is 0.238. The molecule has 2 aliphatic heterocycles. The Balaban J connectivity index is 1.40. The first-order chi connectivity index (χ1) is 18.6. The van der Waals surface area contributed by atoms with Gasteiger partial charge in [-0.2, -0.15) is 0 Å². The second-order valence-electron chi connectivity index (χ2n) is 9.72. The zero-order chi connectivity index (χ0) is 26.3. The molecule has 2 aliphatic rings. The summed E-state index contributed by atoms with van der Waals surface area (Å²) in [5, 5.41) is 0. The normalized spacial score (nSPS) is 16.2. The van der Waals surface area contributed by atoms with E-state index < -0.39 is 0 Å². The lowest BCUT2D eigenvalue weighted by molar-refractivity contribution is -0.148. The number of esters is 1. The van der Waals surface area contributed by atoms with E-state index in [1.165, 1.54) is 30.9 Å². The summed E-state index contributed by atoms with van der Waals surface area (Å²) in [6.07, 6.45) is 2.95. The molecule has 3 aromatic carbocycles. The van der Waals surface area contributed by atoms with Crippen LogP contribution in [0.25, 0.3) is 11.1 Å². The number of ether oxygens (including phenoxy) is 4. The standard InChI is InChI=1S/C32H35NO5/c1-3-29(26-13-16-30-31(19-26)37-22-36-30)32(24-9-5-4-6-10-24)25-11-14-27(15-12-25)35-21-28(38-23(2)34)20-33-17-7-8-18-33/h4-6,9-16,19,28H,3,7-8,17-18,20-22H2,1-2H3/b32-29-. The third kappa shape index (κ3) is 6.20. The highest BCUT2D eigenvalue weighted by molar-refractivity contribution is 5.98. The fourth-order valence-electron chi connectivity index (χ4n) is 5.25. The van der Waals surface area contributed by atoms with E-state index in [9.17, 15) is 4.79 Å². The van der Waals surface area contributed by atoms with Crippen LogP contribution in [-0.2, 0) is 9.53 Å². The molecule has 3 aromatic rings. The minimum Gasteiger partial charge on any atom is -0.490 e. The minimum atomic E-state index is -0.289. The summed E-state index contributed by atoms with van der Waals surface area (Å²) < 4.78 is 22.8. The van der Waals surface area contributed by atoms with Crippen molar-refractivity contribution in [3.8, 4) is 17.2 Å². The summed E-state index contributed by atoms with van der Waals surface area (Å²) in [6, 6.07) is 24.8. The lowest BCUT2D eigenvalue weighted by Gasteiger charge is -2.23. The molecule has 6 heteroatoms. The molecule has 2 heterocycles. The van der Waals surface area contributed by atoms with Crippen LogP contribution < -0.4 is 14.2 Å². The molecular formula is C32H35NO5. The predicted octanol–water partition coefficient (Wildman–Crippen LogP) is 6.19. The first kappa shape index (κ1) is 25.9. The van der Waals surface area contributed by atoms with E-state index in [1.54, 1.807) is 0 Å². The molecule has 0 N–H and O–H groups in total. The van der Waals surface area contributed by atoms with Gasteiger partial charge in [-0.05, 0) is 84.5 Å². The molecule has 0 aromatic heterocycles. The molecule has 1 atom stereocenters. The van der Waals surface area contributed by atoms with Gasteiger partial charge in [-0.15, -0.1) is 0 Å². The summed E-state index contributed by atoms with van der Waals surface area (Å²) in [7, 11) is 0. The summed E-state index contributed by atoms with van der Waals surface area (Å²) in [5.74, 6) is 2.03. The topological polar surface area (TPSA) is 57.2 Å². The second kappa shape index (κ2) is 12.2. The van der Waals surface area contributed by atoms with Crippen LogP contribution in [0.5, 0.6) is 17.2 Å². The fourth-order valence-corrected chi connectivity index (χ4v) is 5.25. The van der Waals surface area contributed by atoms with E-state index >= 15 is 0 Å². The molecule has 6 nitrogen and oxygen atoms in total. The lowest BCUT2D eigenvalue weighted by atomic mass is 9.88. The molecule has 1 fully saturated rings. The second-order valence-corrected chi connectivity index (χ2v) is 9.72. The highest BCUT2D eigenvalue weighted by Gasteiger charge is 2.21. The maximum atomic E-state index is 11.6. The number of carbonyl (C=O) groups excluding carboxylic acids is 1. The van der Waals surface area contributed by atoms with Crippen LogP contribution in [0.2, 0.25) is 0 Å². The average Bonchev–Trinajstić information content (AvgIpc) is 3.63. The molecule has 38 heavy (non-hydrogen) atoms. The van der Waals surface area contributed by atoms with Gasteiger partial charge in [0, 0.05) is 13.5 Å². The lowest BCUT2D eigenvalue weighted by Crippen LogP contribution is -2.36. The Kier molecular flexibility index (Phi) is 8.29. The van der Waals surface area contributed by atoms with Crippen molar-refractivity contribution < 1.29 is 23.7 Å². The number of carbonyl (C=O) groups is 1. The van der Waals surface area contributed by atoms with Crippen LogP contribution in [0, 0.1) is 0 Å². The summed E-state index contributed by atoms with van der Waals surface area (Å²) in [4.78, 5) is 14.0. The van der Waals surface area contributed by atoms with Crippen LogP contribution in [0.4, 0.5) is 0 Å². The summed E-state index contributed by atoms with van der Waals surface area (Å²) in [6.45, 7) is 7.01. The zero-order valence-electron chi connectivity index (χ0n) is 22.2. The number of likely N-dealkylation sites (tertiary alicyclic amines) is 1. The fraction of sp³-hybridized carbons (Fsp3) is 0.344. The molecular weight excluding hydrogens is 478 g/mol. The largest absolute Gasteiger partial charge is 0.490 e. The molecule has 198 valence electrons. The smallest absolute Gasteiger partial charge is 0.303 e. The van der Waals surface area contributed by atoms with Crippen molar-refractivity contribution in [1.82, 2.24) is 4.90 Å². The van der Waals surface area contributed by atoms with Crippen LogP contribution in [0.15, 0.2) is 72.8 Å². The first-order valence-corrected chi connectivity index (χ1v) is 13.4. The molecule has 0 amide bonds. The highest BCUT2D eigenvalue weighted by Crippen LogP contribution is 2.39. The van der Waals surface area contributed by atoms with Gasteiger partial charge >= 0.3 is 5.97 Å². The third-order valence-corrected chi connectivity index (χ3v) is 7.01. The molecule has 5 rings (SSSR count). The minimum absolute atomic E-state index is 0.257. The molecule has 0 saturated carbocycles. The van der Waals surface area contributed by atoms with Crippen LogP contribution in [0.1, 0.15) is 49.8 Å². The van der Waals surface area contributed by atoms with Gasteiger partial charge in [0.05, 0.1) is 0 Å². The highest BCUT2D eigenvalue weighted by atomic mass is 16.7. The number of rotatable bonds is 10. The van der Waals surface area contributed by atoms with Crippen molar-refractivity contribution >= 4 is 17.1 Å². The van der Waals surface area contributed by atoms with Gasteiger partial charge in [-0.1, -0.05) is 55.5 Å². The van der Waals surface area contributed by atoms with Crippen LogP contribution in [0.3, 0.4) is 0 Å². The number of hydrogen-bond acceptors (Lipinski definition) is 6. The molecule has 0 bridgehead atoms. The Morgan fingerprint density at radius 3 is 2.29 bits per heavy atom. The van der Waals surface area contributed by atoms with Crippen molar-refractivity contribution in [2.24, 2.45) is 0 Å². The Labute approximate surface area is 224 Å². The molecule has 1 saturated heterocycles. The van der Waals surface area contributed by atoms with Crippen LogP contribution in [-0.4, -0.2) is 50.0 Å². The van der Waals surface area contributed by atoms with Gasteiger partial charge in [-0.25, -0.2) is 0 Å². The van der Waals surface area contributed by atoms with E-state index in [0.717, 1.165) is 53.4 Å². The third-order valence-electron chi connectivity index (χ3n) is 7.01. The maximum absolute atomic E-state index is 11.6. The van der Waals surface area contributed by atoms with Gasteiger partial charge in [0.15, 0.2) is 11.5 Å². The Hall–Kier alpha value is -3.77. The van der Waals surface area contributed by atoms with Gasteiger partial charge < -0.3 is 18.9 Å². The van der Waals surface area contributed by atoms with Gasteiger partial charge in [-0.3, -0.25) is 9.69 Å². The van der Waals surface area contributed by atoms with Gasteiger partial charge in [0.2, 0.25) is 6.79 Å². The van der Waals surface area contributed by atoms with Crippen molar-refractivity contribution in [3.05, 3.63) is 89.5 Å². The average molecular weight is 514 g/mol. The van der Waals surface area contributed by atoms with Crippen molar-refractivity contribution in [2.75, 3.05) is 33.0 Å². The van der Waals surface area contributed by atoms with Crippen molar-refractivity contribution in [2.45, 2.75) is 39.2 Å². The maximum Gasteiger partial charge on any atom is 0.303 e. The monoisotopic (exact) mass is 513 g/mol. The van der Waals surface area contributed by atoms with Crippen molar-refractivity contribution in [3.63, 3.8) is 0 Å². The van der Waals surface area contributed by atoms with E-state index in [-0.39, 0.29) is 18.9 Å². The van der Waals surface area contributed by atoms with Crippen LogP contribution >= 0.6 is 0 Å². The number of benzene rings is 3. The first-order valence-electron chi connectivity index (χ1n) is 13.4. The Bertz CT molecular complexity index is 1260. The van der Waals surface area contributed by atoms with E-state index in [0.29, 0.717) is 13.2 Å². The molecule has 0 spiro atoms. The molecule has 0 aliphatic carbocycles. The van der Waals surface area contributed by atoms with Crippen molar-refractivity contribution in [1.29, 1.82) is 0 Å². The zero-order valence-corrected chi connectivity index (χ0v) is 22.2. The number of allylic oxidation sites excluding steroid dienone is 1. The summed E-state index contributed by atoms with van der Waals surface area (Å²) >= 11 is 0. The molecule has 0 radical (unpaired) electrons.